The lowest BCUT2D eigenvalue weighted by molar-refractivity contribution is 0.214. The molecule has 0 aromatic heterocycles. The number of halogens is 2. The minimum atomic E-state index is -0.971. The summed E-state index contributed by atoms with van der Waals surface area (Å²) in [4.78, 5) is 0. The summed E-state index contributed by atoms with van der Waals surface area (Å²) in [5.74, 6) is -0.689. The molecule has 0 radical (unpaired) electrons. The van der Waals surface area contributed by atoms with Crippen LogP contribution in [-0.4, -0.2) is 13.2 Å². The largest absolute Gasteiger partial charge is 0.490 e. The molecule has 4 heteroatoms. The summed E-state index contributed by atoms with van der Waals surface area (Å²) in [6.07, 6.45) is 11.0. The van der Waals surface area contributed by atoms with Crippen molar-refractivity contribution in [2.45, 2.75) is 38.5 Å². The van der Waals surface area contributed by atoms with Crippen molar-refractivity contribution in [3.63, 3.8) is 0 Å². The third-order valence-corrected chi connectivity index (χ3v) is 4.39. The van der Waals surface area contributed by atoms with Crippen molar-refractivity contribution in [1.29, 1.82) is 0 Å². The lowest BCUT2D eigenvalue weighted by Gasteiger charge is -2.25. The number of rotatable bonds is 8. The first-order valence-corrected chi connectivity index (χ1v) is 8.14. The molecule has 2 aliphatic rings. The Hall–Kier alpha value is -1.58. The summed E-state index contributed by atoms with van der Waals surface area (Å²) in [6.45, 7) is 0.695. The molecule has 1 aromatic carbocycles. The van der Waals surface area contributed by atoms with Crippen LogP contribution in [0.25, 0.3) is 0 Å². The van der Waals surface area contributed by atoms with E-state index in [0.29, 0.717) is 18.4 Å². The summed E-state index contributed by atoms with van der Waals surface area (Å²) < 4.78 is 38.5. The van der Waals surface area contributed by atoms with E-state index in [1.165, 1.54) is 44.2 Å². The lowest BCUT2D eigenvalue weighted by Crippen LogP contribution is -2.14. The van der Waals surface area contributed by atoms with Gasteiger partial charge in [0, 0.05) is 0 Å². The molecule has 3 rings (SSSR count). The molecule has 0 atom stereocenters. The molecule has 0 N–H and O–H groups in total. The van der Waals surface area contributed by atoms with Gasteiger partial charge in [-0.05, 0) is 43.2 Å². The van der Waals surface area contributed by atoms with Gasteiger partial charge in [-0.15, -0.1) is 0 Å². The highest BCUT2D eigenvalue weighted by molar-refractivity contribution is 5.35. The SMILES string of the molecule is Fc1c(OC/C=C/C2CC2)ccc(OCCC2CCC2)c1F. The molecule has 0 unspecified atom stereocenters. The second kappa shape index (κ2) is 7.12. The predicted octanol–water partition coefficient (Wildman–Crippen LogP) is 4.88. The van der Waals surface area contributed by atoms with Crippen molar-refractivity contribution in [3.05, 3.63) is 35.9 Å². The standard InChI is InChI=1S/C18H22F2O2/c19-17-15(21-11-2-5-14-6-7-14)8-9-16(18(17)20)22-12-10-13-3-1-4-13/h2,5,8-9,13-14H,1,3-4,6-7,10-12H2/b5-2+. The molecule has 0 bridgehead atoms. The first-order chi connectivity index (χ1) is 10.7. The first-order valence-electron chi connectivity index (χ1n) is 8.14. The van der Waals surface area contributed by atoms with Gasteiger partial charge >= 0.3 is 0 Å². The van der Waals surface area contributed by atoms with Crippen LogP contribution in [0.15, 0.2) is 24.3 Å². The minimum absolute atomic E-state index is 0.0299. The van der Waals surface area contributed by atoms with Crippen LogP contribution < -0.4 is 9.47 Å². The molecule has 120 valence electrons. The van der Waals surface area contributed by atoms with E-state index in [1.54, 1.807) is 0 Å². The van der Waals surface area contributed by atoms with Gasteiger partial charge in [-0.1, -0.05) is 31.4 Å². The quantitative estimate of drug-likeness (QED) is 0.637. The molecular formula is C18H22F2O2. The van der Waals surface area contributed by atoms with Crippen LogP contribution >= 0.6 is 0 Å². The van der Waals surface area contributed by atoms with Gasteiger partial charge < -0.3 is 9.47 Å². The van der Waals surface area contributed by atoms with E-state index in [1.807, 2.05) is 6.08 Å². The van der Waals surface area contributed by atoms with Gasteiger partial charge in [0.2, 0.25) is 11.6 Å². The third-order valence-electron chi connectivity index (χ3n) is 4.39. The number of benzene rings is 1. The molecule has 0 saturated heterocycles. The van der Waals surface area contributed by atoms with Gasteiger partial charge in [0.1, 0.15) is 6.61 Å². The fraction of sp³-hybridized carbons (Fsp3) is 0.556. The molecule has 0 aliphatic heterocycles. The highest BCUT2D eigenvalue weighted by atomic mass is 19.2. The summed E-state index contributed by atoms with van der Waals surface area (Å²) in [5, 5.41) is 0. The van der Waals surface area contributed by atoms with E-state index >= 15 is 0 Å². The molecule has 2 nitrogen and oxygen atoms in total. The monoisotopic (exact) mass is 308 g/mol. The van der Waals surface area contributed by atoms with Crippen molar-refractivity contribution < 1.29 is 18.3 Å². The zero-order valence-electron chi connectivity index (χ0n) is 12.7. The maximum atomic E-state index is 13.9. The molecule has 2 fully saturated rings. The Morgan fingerprint density at radius 2 is 1.68 bits per heavy atom. The summed E-state index contributed by atoms with van der Waals surface area (Å²) in [6, 6.07) is 2.88. The second-order valence-electron chi connectivity index (χ2n) is 6.20. The number of hydrogen-bond acceptors (Lipinski definition) is 2. The van der Waals surface area contributed by atoms with E-state index in [0.717, 1.165) is 6.42 Å². The zero-order valence-corrected chi connectivity index (χ0v) is 12.7. The van der Waals surface area contributed by atoms with Gasteiger partial charge in [0.15, 0.2) is 11.5 Å². The van der Waals surface area contributed by atoms with Crippen molar-refractivity contribution in [2.75, 3.05) is 13.2 Å². The van der Waals surface area contributed by atoms with Gasteiger partial charge in [0.05, 0.1) is 6.61 Å². The summed E-state index contributed by atoms with van der Waals surface area (Å²) in [5.41, 5.74) is 0. The van der Waals surface area contributed by atoms with Gasteiger partial charge in [-0.2, -0.15) is 8.78 Å². The molecular weight excluding hydrogens is 286 g/mol. The Bertz CT molecular complexity index is 534. The molecule has 2 saturated carbocycles. The average Bonchev–Trinajstić information content (AvgIpc) is 3.28. The van der Waals surface area contributed by atoms with Crippen LogP contribution in [0.1, 0.15) is 38.5 Å². The lowest BCUT2D eigenvalue weighted by atomic mass is 9.83. The second-order valence-corrected chi connectivity index (χ2v) is 6.20. The van der Waals surface area contributed by atoms with Crippen molar-refractivity contribution in [1.82, 2.24) is 0 Å². The van der Waals surface area contributed by atoms with E-state index in [2.05, 4.69) is 6.08 Å². The van der Waals surface area contributed by atoms with Crippen molar-refractivity contribution in [3.8, 4) is 11.5 Å². The summed E-state index contributed by atoms with van der Waals surface area (Å²) >= 11 is 0. The number of ether oxygens (including phenoxy) is 2. The average molecular weight is 308 g/mol. The molecule has 0 heterocycles. The Labute approximate surface area is 130 Å². The molecule has 2 aliphatic carbocycles. The number of hydrogen-bond donors (Lipinski definition) is 0. The topological polar surface area (TPSA) is 18.5 Å². The first kappa shape index (κ1) is 15.3. The Morgan fingerprint density at radius 3 is 2.27 bits per heavy atom. The van der Waals surface area contributed by atoms with E-state index < -0.39 is 11.6 Å². The maximum absolute atomic E-state index is 13.9. The highest BCUT2D eigenvalue weighted by Gasteiger charge is 2.19. The van der Waals surface area contributed by atoms with Crippen molar-refractivity contribution >= 4 is 0 Å². The maximum Gasteiger partial charge on any atom is 0.204 e. The van der Waals surface area contributed by atoms with Crippen LogP contribution in [0, 0.1) is 23.5 Å². The van der Waals surface area contributed by atoms with Crippen LogP contribution in [0.3, 0.4) is 0 Å². The Balaban J connectivity index is 1.50. The van der Waals surface area contributed by atoms with E-state index in [-0.39, 0.29) is 18.1 Å². The van der Waals surface area contributed by atoms with Crippen LogP contribution in [0.5, 0.6) is 11.5 Å². The van der Waals surface area contributed by atoms with E-state index in [9.17, 15) is 8.78 Å². The predicted molar refractivity (Wildman–Crippen MR) is 81.2 cm³/mol. The Kier molecular flexibility index (Phi) is 4.96. The fourth-order valence-electron chi connectivity index (χ4n) is 2.53. The highest BCUT2D eigenvalue weighted by Crippen LogP contribution is 2.32. The third kappa shape index (κ3) is 3.99. The van der Waals surface area contributed by atoms with Gasteiger partial charge in [0.25, 0.3) is 0 Å². The van der Waals surface area contributed by atoms with Gasteiger partial charge in [-0.3, -0.25) is 0 Å². The summed E-state index contributed by atoms with van der Waals surface area (Å²) in [7, 11) is 0. The number of allylic oxidation sites excluding steroid dienone is 1. The molecule has 0 spiro atoms. The smallest absolute Gasteiger partial charge is 0.204 e. The molecule has 0 amide bonds. The molecule has 22 heavy (non-hydrogen) atoms. The van der Waals surface area contributed by atoms with Crippen molar-refractivity contribution in [2.24, 2.45) is 11.8 Å². The zero-order chi connectivity index (χ0) is 15.4. The van der Waals surface area contributed by atoms with Crippen LogP contribution in [0.4, 0.5) is 8.78 Å². The van der Waals surface area contributed by atoms with Crippen LogP contribution in [0.2, 0.25) is 0 Å². The minimum Gasteiger partial charge on any atom is -0.490 e. The van der Waals surface area contributed by atoms with Crippen LogP contribution in [-0.2, 0) is 0 Å². The van der Waals surface area contributed by atoms with Gasteiger partial charge in [-0.25, -0.2) is 0 Å². The molecule has 1 aromatic rings. The fourth-order valence-corrected chi connectivity index (χ4v) is 2.53. The normalized spacial score (nSPS) is 18.5. The van der Waals surface area contributed by atoms with E-state index in [4.69, 9.17) is 9.47 Å². The Morgan fingerprint density at radius 1 is 1.00 bits per heavy atom.